The molecule has 0 aliphatic carbocycles. The van der Waals surface area contributed by atoms with Gasteiger partial charge in [-0.15, -0.1) is 0 Å². The lowest BCUT2D eigenvalue weighted by Crippen LogP contribution is -2.48. The van der Waals surface area contributed by atoms with Crippen molar-refractivity contribution in [2.75, 3.05) is 43.6 Å². The van der Waals surface area contributed by atoms with Gasteiger partial charge in [-0.25, -0.2) is 9.19 Å². The van der Waals surface area contributed by atoms with Gasteiger partial charge in [0, 0.05) is 44.9 Å². The number of pyridine rings is 1. The van der Waals surface area contributed by atoms with Crippen LogP contribution >= 0.6 is 0 Å². The summed E-state index contributed by atoms with van der Waals surface area (Å²) in [6.45, 7) is 1.22. The summed E-state index contributed by atoms with van der Waals surface area (Å²) in [6.07, 6.45) is 4.17. The highest BCUT2D eigenvalue weighted by Gasteiger charge is 2.28. The molecule has 2 rings (SSSR count). The van der Waals surface area contributed by atoms with Gasteiger partial charge in [-0.2, -0.15) is 18.0 Å². The van der Waals surface area contributed by atoms with Gasteiger partial charge in [0.15, 0.2) is 0 Å². The van der Waals surface area contributed by atoms with Gasteiger partial charge in [0.05, 0.1) is 15.3 Å². The molecule has 0 atom stereocenters. The number of rotatable bonds is 3. The van der Waals surface area contributed by atoms with E-state index in [0.717, 1.165) is 0 Å². The van der Waals surface area contributed by atoms with Crippen molar-refractivity contribution < 1.29 is 12.6 Å². The first-order valence-electron chi connectivity index (χ1n) is 6.51. The van der Waals surface area contributed by atoms with Crippen LogP contribution in [0.4, 0.5) is 5.82 Å². The summed E-state index contributed by atoms with van der Waals surface area (Å²) in [6, 6.07) is 5.42. The van der Waals surface area contributed by atoms with E-state index in [2.05, 4.69) is 14.8 Å². The van der Waals surface area contributed by atoms with Gasteiger partial charge in [-0.05, 0) is 12.1 Å². The lowest BCUT2D eigenvalue weighted by Gasteiger charge is -2.33. The van der Waals surface area contributed by atoms with Crippen molar-refractivity contribution in [2.24, 2.45) is 3.77 Å². The summed E-state index contributed by atoms with van der Waals surface area (Å²) in [5, 5.41) is 9.09. The maximum Gasteiger partial charge on any atom is 0.330 e. The van der Waals surface area contributed by atoms with Crippen molar-refractivity contribution in [3.05, 3.63) is 23.9 Å². The lowest BCUT2D eigenvalue weighted by molar-refractivity contribution is 0.385. The average molecular weight is 343 g/mol. The van der Waals surface area contributed by atoms with Crippen LogP contribution in [0.1, 0.15) is 5.56 Å². The van der Waals surface area contributed by atoms with Gasteiger partial charge in [-0.1, -0.05) is 3.77 Å². The maximum atomic E-state index is 12.1. The molecule has 1 aromatic heterocycles. The summed E-state index contributed by atoms with van der Waals surface area (Å²) in [5.74, 6) is 0.550. The first-order chi connectivity index (χ1) is 10.2. The number of hydrogen-bond acceptors (Lipinski definition) is 6. The Labute approximate surface area is 130 Å². The number of piperazine rings is 1. The Bertz CT molecular complexity index is 805. The monoisotopic (exact) mass is 343 g/mol. The van der Waals surface area contributed by atoms with Gasteiger partial charge >= 0.3 is 10.2 Å². The zero-order valence-electron chi connectivity index (χ0n) is 12.3. The second kappa shape index (κ2) is 6.20. The fraction of sp³-hybridized carbons (Fsp3) is 0.500. The zero-order chi connectivity index (χ0) is 16.4. The Hall–Kier alpha value is -1.70. The van der Waals surface area contributed by atoms with Crippen molar-refractivity contribution in [2.45, 2.75) is 0 Å². The molecule has 0 aromatic carbocycles. The van der Waals surface area contributed by atoms with Crippen LogP contribution in [-0.2, 0) is 19.9 Å². The van der Waals surface area contributed by atoms with E-state index in [1.807, 2.05) is 4.90 Å². The SMILES string of the molecule is CS(C)(=O)=NS(=O)(=O)N1CCN(c2ncccc2C#N)CC1. The second-order valence-electron chi connectivity index (χ2n) is 5.11. The van der Waals surface area contributed by atoms with Crippen LogP contribution in [-0.4, -0.2) is 60.6 Å². The van der Waals surface area contributed by atoms with Crippen molar-refractivity contribution in [3.8, 4) is 6.07 Å². The zero-order valence-corrected chi connectivity index (χ0v) is 14.0. The Balaban J connectivity index is 2.15. The number of nitrogens with zero attached hydrogens (tertiary/aromatic N) is 5. The van der Waals surface area contributed by atoms with Crippen molar-refractivity contribution in [3.63, 3.8) is 0 Å². The third-order valence-electron chi connectivity index (χ3n) is 3.05. The van der Waals surface area contributed by atoms with Crippen LogP contribution in [0, 0.1) is 11.3 Å². The molecule has 0 amide bonds. The molecule has 1 aliphatic rings. The third-order valence-corrected chi connectivity index (χ3v) is 6.25. The molecule has 10 heteroatoms. The van der Waals surface area contributed by atoms with Crippen LogP contribution in [0.25, 0.3) is 0 Å². The molecule has 0 spiro atoms. The van der Waals surface area contributed by atoms with Crippen LogP contribution in [0.5, 0.6) is 0 Å². The Morgan fingerprint density at radius 2 is 1.86 bits per heavy atom. The topological polar surface area (TPSA) is 107 Å². The van der Waals surface area contributed by atoms with Crippen molar-refractivity contribution in [1.82, 2.24) is 9.29 Å². The average Bonchev–Trinajstić information content (AvgIpc) is 2.45. The van der Waals surface area contributed by atoms with Crippen molar-refractivity contribution in [1.29, 1.82) is 5.26 Å². The maximum absolute atomic E-state index is 12.1. The van der Waals surface area contributed by atoms with E-state index in [1.54, 1.807) is 18.3 Å². The molecule has 1 saturated heterocycles. The normalized spacial score (nSPS) is 17.0. The summed E-state index contributed by atoms with van der Waals surface area (Å²) in [5.41, 5.74) is 0.452. The van der Waals surface area contributed by atoms with Gasteiger partial charge in [0.25, 0.3) is 0 Å². The third kappa shape index (κ3) is 3.94. The molecule has 0 saturated carbocycles. The molecule has 1 fully saturated rings. The fourth-order valence-corrected chi connectivity index (χ4v) is 4.96. The van der Waals surface area contributed by atoms with Crippen LogP contribution in [0.2, 0.25) is 0 Å². The molecule has 1 aromatic rings. The Morgan fingerprint density at radius 1 is 1.23 bits per heavy atom. The van der Waals surface area contributed by atoms with E-state index in [4.69, 9.17) is 5.26 Å². The van der Waals surface area contributed by atoms with Crippen LogP contribution in [0.3, 0.4) is 0 Å². The molecule has 0 bridgehead atoms. The highest BCUT2D eigenvalue weighted by molar-refractivity contribution is 8.01. The summed E-state index contributed by atoms with van der Waals surface area (Å²) in [7, 11) is -6.62. The van der Waals surface area contributed by atoms with E-state index < -0.39 is 19.9 Å². The minimum absolute atomic E-state index is 0.211. The molecule has 120 valence electrons. The predicted molar refractivity (Wildman–Crippen MR) is 84.1 cm³/mol. The molecule has 0 N–H and O–H groups in total. The number of anilines is 1. The first kappa shape index (κ1) is 16.7. The highest BCUT2D eigenvalue weighted by atomic mass is 32.3. The molecule has 1 aliphatic heterocycles. The standard InChI is InChI=1S/C12H17N5O3S2/c1-21(2,18)15-22(19,20)17-8-6-16(7-9-17)12-11(10-13)4-3-5-14-12/h3-5H,6-9H2,1-2H3. The first-order valence-corrected chi connectivity index (χ1v) is 10.2. The molecular weight excluding hydrogens is 326 g/mol. The predicted octanol–water partition coefficient (Wildman–Crippen LogP) is 0.0477. The summed E-state index contributed by atoms with van der Waals surface area (Å²) < 4.78 is 40.3. The van der Waals surface area contributed by atoms with E-state index in [1.165, 1.54) is 16.8 Å². The minimum Gasteiger partial charge on any atom is -0.353 e. The summed E-state index contributed by atoms with van der Waals surface area (Å²) in [4.78, 5) is 6.05. The van der Waals surface area contributed by atoms with Gasteiger partial charge in [-0.3, -0.25) is 0 Å². The second-order valence-corrected chi connectivity index (χ2v) is 9.48. The molecule has 0 unspecified atom stereocenters. The quantitative estimate of drug-likeness (QED) is 0.767. The Morgan fingerprint density at radius 3 is 2.41 bits per heavy atom. The van der Waals surface area contributed by atoms with Gasteiger partial charge in [0.1, 0.15) is 11.9 Å². The minimum atomic E-state index is -3.89. The smallest absolute Gasteiger partial charge is 0.330 e. The number of nitriles is 1. The highest BCUT2D eigenvalue weighted by Crippen LogP contribution is 2.19. The molecule has 8 nitrogen and oxygen atoms in total. The van der Waals surface area contributed by atoms with Gasteiger partial charge < -0.3 is 4.90 Å². The van der Waals surface area contributed by atoms with E-state index in [-0.39, 0.29) is 13.1 Å². The molecule has 22 heavy (non-hydrogen) atoms. The Kier molecular flexibility index (Phi) is 4.69. The number of hydrogen-bond donors (Lipinski definition) is 0. The molecule has 0 radical (unpaired) electrons. The van der Waals surface area contributed by atoms with E-state index in [9.17, 15) is 12.6 Å². The van der Waals surface area contributed by atoms with Gasteiger partial charge in [0.2, 0.25) is 0 Å². The summed E-state index contributed by atoms with van der Waals surface area (Å²) >= 11 is 0. The van der Waals surface area contributed by atoms with E-state index >= 15 is 0 Å². The largest absolute Gasteiger partial charge is 0.353 e. The van der Waals surface area contributed by atoms with E-state index in [0.29, 0.717) is 24.5 Å². The fourth-order valence-electron chi connectivity index (χ4n) is 2.14. The van der Waals surface area contributed by atoms with Crippen molar-refractivity contribution >= 4 is 25.8 Å². The van der Waals surface area contributed by atoms with Crippen LogP contribution < -0.4 is 4.90 Å². The lowest BCUT2D eigenvalue weighted by atomic mass is 10.2. The molecule has 2 heterocycles. The number of aromatic nitrogens is 1. The molecular formula is C12H17N5O3S2. The van der Waals surface area contributed by atoms with Crippen LogP contribution in [0.15, 0.2) is 22.1 Å².